The Morgan fingerprint density at radius 3 is 2.23 bits per heavy atom. The molecule has 0 amide bonds. The van der Waals surface area contributed by atoms with E-state index in [4.69, 9.17) is 0 Å². The van der Waals surface area contributed by atoms with E-state index in [1.54, 1.807) is 0 Å². The first-order chi connectivity index (χ1) is 6.07. The van der Waals surface area contributed by atoms with Crippen molar-refractivity contribution < 1.29 is 0 Å². The highest BCUT2D eigenvalue weighted by molar-refractivity contribution is 4.64. The summed E-state index contributed by atoms with van der Waals surface area (Å²) in [6, 6.07) is 0.718. The maximum atomic E-state index is 3.18. The minimum absolute atomic E-state index is 0.718. The molecule has 1 atom stereocenters. The molecule has 0 aliphatic carbocycles. The number of likely N-dealkylation sites (N-methyl/N-ethyl adjacent to an activating group) is 2. The molecule has 2 heteroatoms. The van der Waals surface area contributed by atoms with E-state index < -0.39 is 0 Å². The summed E-state index contributed by atoms with van der Waals surface area (Å²) in [5, 5.41) is 3.18. The zero-order valence-corrected chi connectivity index (χ0v) is 9.93. The van der Waals surface area contributed by atoms with Gasteiger partial charge in [-0.15, -0.1) is 0 Å². The van der Waals surface area contributed by atoms with Gasteiger partial charge in [-0.3, -0.25) is 0 Å². The third kappa shape index (κ3) is 7.03. The van der Waals surface area contributed by atoms with E-state index >= 15 is 0 Å². The number of hydrogen-bond acceptors (Lipinski definition) is 2. The van der Waals surface area contributed by atoms with Crippen LogP contribution in [0.15, 0.2) is 0 Å². The molecule has 0 aliphatic rings. The van der Waals surface area contributed by atoms with Crippen LogP contribution in [0.4, 0.5) is 0 Å². The summed E-state index contributed by atoms with van der Waals surface area (Å²) in [4.78, 5) is 2.43. The van der Waals surface area contributed by atoms with Gasteiger partial charge in [-0.25, -0.2) is 0 Å². The minimum Gasteiger partial charge on any atom is -0.318 e. The Morgan fingerprint density at radius 2 is 1.77 bits per heavy atom. The van der Waals surface area contributed by atoms with Gasteiger partial charge >= 0.3 is 0 Å². The van der Waals surface area contributed by atoms with Crippen molar-refractivity contribution in [2.24, 2.45) is 5.92 Å². The second-order valence-electron chi connectivity index (χ2n) is 4.40. The van der Waals surface area contributed by atoms with E-state index in [-0.39, 0.29) is 0 Å². The molecule has 0 aliphatic heterocycles. The summed E-state index contributed by atoms with van der Waals surface area (Å²) < 4.78 is 0. The largest absolute Gasteiger partial charge is 0.318 e. The molecule has 1 N–H and O–H groups in total. The van der Waals surface area contributed by atoms with Gasteiger partial charge in [-0.2, -0.15) is 0 Å². The van der Waals surface area contributed by atoms with Crippen LogP contribution in [0.2, 0.25) is 0 Å². The predicted molar refractivity (Wildman–Crippen MR) is 60.1 cm³/mol. The Bertz CT molecular complexity index is 113. The van der Waals surface area contributed by atoms with Crippen LogP contribution in [-0.2, 0) is 0 Å². The van der Waals surface area contributed by atoms with Gasteiger partial charge in [0, 0.05) is 19.1 Å². The SMILES string of the molecule is CNCCN(C)C(C)CCC(C)C. The molecule has 0 radical (unpaired) electrons. The van der Waals surface area contributed by atoms with E-state index in [9.17, 15) is 0 Å². The van der Waals surface area contributed by atoms with Gasteiger partial charge in [0.05, 0.1) is 0 Å². The molecule has 0 fully saturated rings. The average Bonchev–Trinajstić information content (AvgIpc) is 2.10. The molecular weight excluding hydrogens is 160 g/mol. The topological polar surface area (TPSA) is 15.3 Å². The van der Waals surface area contributed by atoms with E-state index in [0.29, 0.717) is 0 Å². The lowest BCUT2D eigenvalue weighted by atomic mass is 10.0. The number of nitrogens with one attached hydrogen (secondary N) is 1. The Labute approximate surface area is 83.7 Å². The lowest BCUT2D eigenvalue weighted by molar-refractivity contribution is 0.238. The predicted octanol–water partition coefficient (Wildman–Crippen LogP) is 1.96. The quantitative estimate of drug-likeness (QED) is 0.654. The lowest BCUT2D eigenvalue weighted by Crippen LogP contribution is -2.34. The van der Waals surface area contributed by atoms with Gasteiger partial charge in [0.2, 0.25) is 0 Å². The van der Waals surface area contributed by atoms with Crippen molar-refractivity contribution in [3.05, 3.63) is 0 Å². The zero-order valence-electron chi connectivity index (χ0n) is 9.93. The Hall–Kier alpha value is -0.0800. The van der Waals surface area contributed by atoms with E-state index in [1.807, 2.05) is 7.05 Å². The van der Waals surface area contributed by atoms with Crippen molar-refractivity contribution in [2.75, 3.05) is 27.2 Å². The fourth-order valence-electron chi connectivity index (χ4n) is 1.30. The average molecular weight is 186 g/mol. The van der Waals surface area contributed by atoms with Gasteiger partial charge in [-0.1, -0.05) is 13.8 Å². The van der Waals surface area contributed by atoms with E-state index in [1.165, 1.54) is 12.8 Å². The summed E-state index contributed by atoms with van der Waals surface area (Å²) in [6.45, 7) is 9.14. The van der Waals surface area contributed by atoms with Crippen LogP contribution >= 0.6 is 0 Å². The maximum Gasteiger partial charge on any atom is 0.0106 e. The third-order valence-corrected chi connectivity index (χ3v) is 2.63. The van der Waals surface area contributed by atoms with Crippen LogP contribution in [0.3, 0.4) is 0 Å². The molecular formula is C11H26N2. The molecule has 0 saturated heterocycles. The molecule has 0 bridgehead atoms. The van der Waals surface area contributed by atoms with Gasteiger partial charge in [0.25, 0.3) is 0 Å². The molecule has 1 unspecified atom stereocenters. The molecule has 0 saturated carbocycles. The van der Waals surface area contributed by atoms with Crippen LogP contribution in [0, 0.1) is 5.92 Å². The summed E-state index contributed by atoms with van der Waals surface area (Å²) in [5.41, 5.74) is 0. The molecule has 2 nitrogen and oxygen atoms in total. The van der Waals surface area contributed by atoms with Gasteiger partial charge in [0.1, 0.15) is 0 Å². The smallest absolute Gasteiger partial charge is 0.0106 e. The number of nitrogens with zero attached hydrogens (tertiary/aromatic N) is 1. The van der Waals surface area contributed by atoms with Gasteiger partial charge in [-0.05, 0) is 39.8 Å². The minimum atomic E-state index is 0.718. The second-order valence-corrected chi connectivity index (χ2v) is 4.40. The molecule has 0 spiro atoms. The molecule has 13 heavy (non-hydrogen) atoms. The van der Waals surface area contributed by atoms with Crippen molar-refractivity contribution in [3.63, 3.8) is 0 Å². The van der Waals surface area contributed by atoms with Crippen molar-refractivity contribution in [1.29, 1.82) is 0 Å². The third-order valence-electron chi connectivity index (χ3n) is 2.63. The van der Waals surface area contributed by atoms with Crippen LogP contribution < -0.4 is 5.32 Å². The van der Waals surface area contributed by atoms with Gasteiger partial charge in [0.15, 0.2) is 0 Å². The highest BCUT2D eigenvalue weighted by atomic mass is 15.1. The molecule has 0 rings (SSSR count). The Balaban J connectivity index is 3.50. The first kappa shape index (κ1) is 12.9. The van der Waals surface area contributed by atoms with Crippen LogP contribution in [-0.4, -0.2) is 38.1 Å². The summed E-state index contributed by atoms with van der Waals surface area (Å²) in [7, 11) is 4.22. The highest BCUT2D eigenvalue weighted by Gasteiger charge is 2.08. The van der Waals surface area contributed by atoms with Crippen molar-refractivity contribution in [1.82, 2.24) is 10.2 Å². The Kier molecular flexibility index (Phi) is 7.29. The number of rotatable bonds is 7. The Morgan fingerprint density at radius 1 is 1.15 bits per heavy atom. The first-order valence-corrected chi connectivity index (χ1v) is 5.42. The molecule has 0 aromatic carbocycles. The van der Waals surface area contributed by atoms with E-state index in [2.05, 4.69) is 38.0 Å². The molecule has 0 aromatic rings. The van der Waals surface area contributed by atoms with Crippen molar-refractivity contribution in [3.8, 4) is 0 Å². The lowest BCUT2D eigenvalue weighted by Gasteiger charge is -2.25. The molecule has 0 heterocycles. The standard InChI is InChI=1S/C11H26N2/c1-10(2)6-7-11(3)13(5)9-8-12-4/h10-12H,6-9H2,1-5H3. The highest BCUT2D eigenvalue weighted by Crippen LogP contribution is 2.09. The molecule has 0 aromatic heterocycles. The van der Waals surface area contributed by atoms with Crippen molar-refractivity contribution in [2.45, 2.75) is 39.7 Å². The van der Waals surface area contributed by atoms with Crippen LogP contribution in [0.25, 0.3) is 0 Å². The fourth-order valence-corrected chi connectivity index (χ4v) is 1.30. The van der Waals surface area contributed by atoms with Crippen molar-refractivity contribution >= 4 is 0 Å². The normalized spacial score (nSPS) is 14.1. The van der Waals surface area contributed by atoms with E-state index in [0.717, 1.165) is 25.0 Å². The fraction of sp³-hybridized carbons (Fsp3) is 1.00. The zero-order chi connectivity index (χ0) is 10.3. The monoisotopic (exact) mass is 186 g/mol. The van der Waals surface area contributed by atoms with Gasteiger partial charge < -0.3 is 10.2 Å². The maximum absolute atomic E-state index is 3.18. The summed E-state index contributed by atoms with van der Waals surface area (Å²) >= 11 is 0. The van der Waals surface area contributed by atoms with Crippen LogP contribution in [0.5, 0.6) is 0 Å². The first-order valence-electron chi connectivity index (χ1n) is 5.42. The second kappa shape index (κ2) is 7.34. The number of hydrogen-bond donors (Lipinski definition) is 1. The summed E-state index contributed by atoms with van der Waals surface area (Å²) in [6.07, 6.45) is 2.66. The summed E-state index contributed by atoms with van der Waals surface area (Å²) in [5.74, 6) is 0.833. The van der Waals surface area contributed by atoms with Crippen LogP contribution in [0.1, 0.15) is 33.6 Å². The molecule has 80 valence electrons.